The number of rotatable bonds is 6. The summed E-state index contributed by atoms with van der Waals surface area (Å²) in [6, 6.07) is 0. The van der Waals surface area contributed by atoms with Gasteiger partial charge in [-0.3, -0.25) is 4.79 Å². The Labute approximate surface area is 123 Å². The summed E-state index contributed by atoms with van der Waals surface area (Å²) in [5.41, 5.74) is 0. The van der Waals surface area contributed by atoms with E-state index in [0.29, 0.717) is 0 Å². The maximum atomic E-state index is 12.2. The number of piperidine rings is 2. The molecule has 0 bridgehead atoms. The van der Waals surface area contributed by atoms with Crippen LogP contribution in [-0.4, -0.2) is 50.1 Å². The normalized spacial score (nSPS) is 25.6. The number of carbonyl (C=O) groups excluding carboxylic acids is 1. The minimum Gasteiger partial charge on any atom is -0.356 e. The molecule has 0 aromatic heterocycles. The molecule has 2 heterocycles. The van der Waals surface area contributed by atoms with Crippen molar-refractivity contribution in [2.75, 3.05) is 39.3 Å². The van der Waals surface area contributed by atoms with Crippen molar-refractivity contribution in [3.05, 3.63) is 0 Å². The molecule has 2 saturated heterocycles. The van der Waals surface area contributed by atoms with Crippen LogP contribution in [0.4, 0.5) is 0 Å². The van der Waals surface area contributed by atoms with E-state index < -0.39 is 0 Å². The molecule has 2 aliphatic heterocycles. The molecule has 0 saturated carbocycles. The van der Waals surface area contributed by atoms with Gasteiger partial charge in [0.1, 0.15) is 0 Å². The van der Waals surface area contributed by atoms with E-state index in [1.165, 1.54) is 45.4 Å². The van der Waals surface area contributed by atoms with Crippen molar-refractivity contribution >= 4 is 5.91 Å². The molecule has 2 rings (SSSR count). The second-order valence-corrected chi connectivity index (χ2v) is 6.44. The number of likely N-dealkylation sites (tertiary alicyclic amines) is 1. The highest BCUT2D eigenvalue weighted by atomic mass is 16.1. The summed E-state index contributed by atoms with van der Waals surface area (Å²) in [4.78, 5) is 14.7. The molecule has 116 valence electrons. The summed E-state index contributed by atoms with van der Waals surface area (Å²) < 4.78 is 0. The highest BCUT2D eigenvalue weighted by Crippen LogP contribution is 2.20. The van der Waals surface area contributed by atoms with Crippen LogP contribution in [0.15, 0.2) is 0 Å². The first-order chi connectivity index (χ1) is 9.79. The SMILES string of the molecule is CCCCNC(=O)C1CCCN(CC2CCNCC2)C1. The van der Waals surface area contributed by atoms with E-state index in [9.17, 15) is 4.79 Å². The summed E-state index contributed by atoms with van der Waals surface area (Å²) in [7, 11) is 0. The van der Waals surface area contributed by atoms with E-state index in [1.807, 2.05) is 0 Å². The average Bonchev–Trinajstić information content (AvgIpc) is 2.49. The quantitative estimate of drug-likeness (QED) is 0.727. The number of nitrogens with zero attached hydrogens (tertiary/aromatic N) is 1. The predicted molar refractivity (Wildman–Crippen MR) is 82.7 cm³/mol. The van der Waals surface area contributed by atoms with E-state index in [-0.39, 0.29) is 11.8 Å². The zero-order valence-corrected chi connectivity index (χ0v) is 13.0. The molecule has 2 fully saturated rings. The predicted octanol–water partition coefficient (Wildman–Crippen LogP) is 1.61. The Balaban J connectivity index is 1.71. The molecule has 20 heavy (non-hydrogen) atoms. The molecule has 2 aliphatic rings. The summed E-state index contributed by atoms with van der Waals surface area (Å²) in [6.07, 6.45) is 7.08. The molecule has 1 atom stereocenters. The van der Waals surface area contributed by atoms with Crippen LogP contribution >= 0.6 is 0 Å². The Kier molecular flexibility index (Phi) is 6.80. The number of hydrogen-bond acceptors (Lipinski definition) is 3. The lowest BCUT2D eigenvalue weighted by Crippen LogP contribution is -2.45. The first kappa shape index (κ1) is 15.8. The Bertz CT molecular complexity index is 289. The van der Waals surface area contributed by atoms with Crippen LogP contribution in [0, 0.1) is 11.8 Å². The first-order valence-electron chi connectivity index (χ1n) is 8.50. The maximum Gasteiger partial charge on any atom is 0.224 e. The van der Waals surface area contributed by atoms with Gasteiger partial charge in [-0.25, -0.2) is 0 Å². The van der Waals surface area contributed by atoms with Crippen LogP contribution in [-0.2, 0) is 4.79 Å². The van der Waals surface area contributed by atoms with Gasteiger partial charge in [0.15, 0.2) is 0 Å². The fraction of sp³-hybridized carbons (Fsp3) is 0.938. The number of nitrogens with one attached hydrogen (secondary N) is 2. The zero-order chi connectivity index (χ0) is 14.2. The van der Waals surface area contributed by atoms with Crippen LogP contribution in [0.1, 0.15) is 45.4 Å². The number of amides is 1. The third kappa shape index (κ3) is 5.06. The molecular formula is C16H31N3O. The lowest BCUT2D eigenvalue weighted by molar-refractivity contribution is -0.126. The van der Waals surface area contributed by atoms with Crippen LogP contribution in [0.5, 0.6) is 0 Å². The zero-order valence-electron chi connectivity index (χ0n) is 13.0. The summed E-state index contributed by atoms with van der Waals surface area (Å²) >= 11 is 0. The molecule has 1 unspecified atom stereocenters. The van der Waals surface area contributed by atoms with E-state index >= 15 is 0 Å². The largest absolute Gasteiger partial charge is 0.356 e. The molecule has 2 N–H and O–H groups in total. The van der Waals surface area contributed by atoms with Gasteiger partial charge in [-0.05, 0) is 57.7 Å². The Morgan fingerprint density at radius 2 is 2.10 bits per heavy atom. The van der Waals surface area contributed by atoms with Gasteiger partial charge in [0, 0.05) is 19.6 Å². The summed E-state index contributed by atoms with van der Waals surface area (Å²) in [6.45, 7) is 8.69. The Hall–Kier alpha value is -0.610. The molecule has 1 amide bonds. The van der Waals surface area contributed by atoms with Gasteiger partial charge in [0.05, 0.1) is 5.92 Å². The lowest BCUT2D eigenvalue weighted by Gasteiger charge is -2.35. The molecule has 4 nitrogen and oxygen atoms in total. The van der Waals surface area contributed by atoms with Crippen molar-refractivity contribution in [1.82, 2.24) is 15.5 Å². The minimum atomic E-state index is 0.224. The van der Waals surface area contributed by atoms with Gasteiger partial charge in [0.2, 0.25) is 5.91 Å². The van der Waals surface area contributed by atoms with Crippen molar-refractivity contribution in [2.45, 2.75) is 45.4 Å². The standard InChI is InChI=1S/C16H31N3O/c1-2-3-8-18-16(20)15-5-4-11-19(13-15)12-14-6-9-17-10-7-14/h14-15,17H,2-13H2,1H3,(H,18,20). The van der Waals surface area contributed by atoms with Gasteiger partial charge >= 0.3 is 0 Å². The fourth-order valence-electron chi connectivity index (χ4n) is 3.40. The topological polar surface area (TPSA) is 44.4 Å². The van der Waals surface area contributed by atoms with Crippen LogP contribution in [0.3, 0.4) is 0 Å². The number of hydrogen-bond donors (Lipinski definition) is 2. The molecule has 0 aliphatic carbocycles. The first-order valence-corrected chi connectivity index (χ1v) is 8.50. The summed E-state index contributed by atoms with van der Waals surface area (Å²) in [5.74, 6) is 1.34. The lowest BCUT2D eigenvalue weighted by atomic mass is 9.93. The monoisotopic (exact) mass is 281 g/mol. The van der Waals surface area contributed by atoms with Crippen LogP contribution in [0.25, 0.3) is 0 Å². The van der Waals surface area contributed by atoms with Gasteiger partial charge < -0.3 is 15.5 Å². The van der Waals surface area contributed by atoms with Gasteiger partial charge in [-0.2, -0.15) is 0 Å². The summed E-state index contributed by atoms with van der Waals surface area (Å²) in [5, 5.41) is 6.53. The fourth-order valence-corrected chi connectivity index (χ4v) is 3.40. The van der Waals surface area contributed by atoms with Crippen LogP contribution < -0.4 is 10.6 Å². The van der Waals surface area contributed by atoms with E-state index in [1.54, 1.807) is 0 Å². The second-order valence-electron chi connectivity index (χ2n) is 6.44. The highest BCUT2D eigenvalue weighted by molar-refractivity contribution is 5.78. The molecule has 0 aromatic carbocycles. The van der Waals surface area contributed by atoms with E-state index in [0.717, 1.165) is 38.3 Å². The van der Waals surface area contributed by atoms with E-state index in [2.05, 4.69) is 22.5 Å². The van der Waals surface area contributed by atoms with Crippen molar-refractivity contribution < 1.29 is 4.79 Å². The molecule has 0 spiro atoms. The van der Waals surface area contributed by atoms with Gasteiger partial charge in [-0.1, -0.05) is 13.3 Å². The maximum absolute atomic E-state index is 12.2. The van der Waals surface area contributed by atoms with Crippen molar-refractivity contribution in [2.24, 2.45) is 11.8 Å². The number of unbranched alkanes of at least 4 members (excludes halogenated alkanes) is 1. The Morgan fingerprint density at radius 3 is 2.85 bits per heavy atom. The second kappa shape index (κ2) is 8.63. The van der Waals surface area contributed by atoms with Crippen molar-refractivity contribution in [3.63, 3.8) is 0 Å². The highest BCUT2D eigenvalue weighted by Gasteiger charge is 2.27. The molecular weight excluding hydrogens is 250 g/mol. The number of carbonyl (C=O) groups is 1. The van der Waals surface area contributed by atoms with Crippen molar-refractivity contribution in [1.29, 1.82) is 0 Å². The smallest absolute Gasteiger partial charge is 0.224 e. The van der Waals surface area contributed by atoms with Gasteiger partial charge in [-0.15, -0.1) is 0 Å². The molecule has 0 radical (unpaired) electrons. The Morgan fingerprint density at radius 1 is 1.30 bits per heavy atom. The van der Waals surface area contributed by atoms with E-state index in [4.69, 9.17) is 0 Å². The van der Waals surface area contributed by atoms with Crippen molar-refractivity contribution in [3.8, 4) is 0 Å². The molecule has 4 heteroatoms. The van der Waals surface area contributed by atoms with Gasteiger partial charge in [0.25, 0.3) is 0 Å². The minimum absolute atomic E-state index is 0.224. The third-order valence-corrected chi connectivity index (χ3v) is 4.68. The third-order valence-electron chi connectivity index (χ3n) is 4.68. The average molecular weight is 281 g/mol. The van der Waals surface area contributed by atoms with Crippen LogP contribution in [0.2, 0.25) is 0 Å². The molecule has 0 aromatic rings.